The minimum absolute atomic E-state index is 0.0607. The minimum Gasteiger partial charge on any atom is -0.396 e. The Bertz CT molecular complexity index is 731. The molecule has 0 amide bonds. The Morgan fingerprint density at radius 2 is 1.19 bits per heavy atom. The normalized spacial score (nSPS) is 13.0. The van der Waals surface area contributed by atoms with Gasteiger partial charge in [-0.2, -0.15) is 0 Å². The molecule has 0 heterocycles. The van der Waals surface area contributed by atoms with Crippen LogP contribution in [-0.2, 0) is 5.54 Å². The Labute approximate surface area is 162 Å². The van der Waals surface area contributed by atoms with Gasteiger partial charge < -0.3 is 5.11 Å². The summed E-state index contributed by atoms with van der Waals surface area (Å²) in [5, 5.41) is 13.6. The number of rotatable bonds is 8. The van der Waals surface area contributed by atoms with Crippen molar-refractivity contribution in [3.63, 3.8) is 0 Å². The van der Waals surface area contributed by atoms with Crippen LogP contribution in [0.1, 0.15) is 23.6 Å². The topological polar surface area (TPSA) is 32.3 Å². The first kappa shape index (κ1) is 19.1. The molecule has 0 saturated carbocycles. The molecular formula is C25H27NO. The van der Waals surface area contributed by atoms with Crippen molar-refractivity contribution in [1.82, 2.24) is 5.32 Å². The number of hydrogen-bond donors (Lipinski definition) is 2. The molecule has 1 unspecified atom stereocenters. The standard InChI is InChI=1S/C25H27NO/c1-2-12-21(20-27)19-26-25(22-13-6-3-7-14-22,23-15-8-4-9-16-23)24-17-10-5-11-18-24/h2-18,21,26-27H,19-20H2,1H3/b12-2+. The van der Waals surface area contributed by atoms with Gasteiger partial charge in [0.2, 0.25) is 0 Å². The van der Waals surface area contributed by atoms with E-state index in [0.29, 0.717) is 6.54 Å². The van der Waals surface area contributed by atoms with E-state index in [9.17, 15) is 5.11 Å². The average Bonchev–Trinajstić information content (AvgIpc) is 2.75. The Balaban J connectivity index is 2.16. The molecule has 2 heteroatoms. The van der Waals surface area contributed by atoms with Crippen molar-refractivity contribution in [2.24, 2.45) is 5.92 Å². The van der Waals surface area contributed by atoms with Gasteiger partial charge in [0.05, 0.1) is 12.1 Å². The maximum Gasteiger partial charge on any atom is 0.0948 e. The third kappa shape index (κ3) is 4.19. The van der Waals surface area contributed by atoms with Crippen molar-refractivity contribution in [2.45, 2.75) is 12.5 Å². The molecule has 0 fully saturated rings. The van der Waals surface area contributed by atoms with E-state index >= 15 is 0 Å². The fraction of sp³-hybridized carbons (Fsp3) is 0.200. The van der Waals surface area contributed by atoms with Crippen LogP contribution in [0.2, 0.25) is 0 Å². The molecule has 0 aliphatic carbocycles. The van der Waals surface area contributed by atoms with Gasteiger partial charge in [-0.05, 0) is 23.6 Å². The summed E-state index contributed by atoms with van der Waals surface area (Å²) >= 11 is 0. The molecule has 138 valence electrons. The number of nitrogens with one attached hydrogen (secondary N) is 1. The Morgan fingerprint density at radius 3 is 1.52 bits per heavy atom. The number of aliphatic hydroxyl groups excluding tert-OH is 1. The molecule has 3 aromatic carbocycles. The summed E-state index contributed by atoms with van der Waals surface area (Å²) in [4.78, 5) is 0. The van der Waals surface area contributed by atoms with Crippen LogP contribution in [0.15, 0.2) is 103 Å². The first-order valence-electron chi connectivity index (χ1n) is 9.46. The molecule has 3 rings (SSSR count). The minimum atomic E-state index is -0.487. The summed E-state index contributed by atoms with van der Waals surface area (Å²) in [6.45, 7) is 2.77. The van der Waals surface area contributed by atoms with E-state index < -0.39 is 5.54 Å². The van der Waals surface area contributed by atoms with Crippen molar-refractivity contribution in [3.05, 3.63) is 120 Å². The zero-order valence-electron chi connectivity index (χ0n) is 15.8. The quantitative estimate of drug-likeness (QED) is 0.450. The predicted molar refractivity (Wildman–Crippen MR) is 113 cm³/mol. The predicted octanol–water partition coefficient (Wildman–Crippen LogP) is 4.75. The van der Waals surface area contributed by atoms with E-state index in [1.165, 1.54) is 16.7 Å². The van der Waals surface area contributed by atoms with E-state index in [4.69, 9.17) is 0 Å². The van der Waals surface area contributed by atoms with Gasteiger partial charge in [-0.25, -0.2) is 0 Å². The number of aliphatic hydroxyl groups is 1. The first-order chi connectivity index (χ1) is 13.3. The van der Waals surface area contributed by atoms with Crippen LogP contribution in [0.3, 0.4) is 0 Å². The maximum atomic E-state index is 9.77. The molecule has 0 saturated heterocycles. The van der Waals surface area contributed by atoms with Crippen molar-refractivity contribution in [1.29, 1.82) is 0 Å². The highest BCUT2D eigenvalue weighted by Crippen LogP contribution is 2.36. The van der Waals surface area contributed by atoms with Gasteiger partial charge in [-0.1, -0.05) is 103 Å². The first-order valence-corrected chi connectivity index (χ1v) is 9.46. The number of benzene rings is 3. The van der Waals surface area contributed by atoms with Crippen LogP contribution < -0.4 is 5.32 Å². The van der Waals surface area contributed by atoms with Gasteiger partial charge in [-0.15, -0.1) is 0 Å². The average molecular weight is 357 g/mol. The highest BCUT2D eigenvalue weighted by Gasteiger charge is 2.36. The molecule has 1 atom stereocenters. The van der Waals surface area contributed by atoms with Crippen molar-refractivity contribution in [2.75, 3.05) is 13.2 Å². The summed E-state index contributed by atoms with van der Waals surface area (Å²) in [5.74, 6) is 0.0607. The van der Waals surface area contributed by atoms with E-state index in [-0.39, 0.29) is 12.5 Å². The molecule has 0 bridgehead atoms. The lowest BCUT2D eigenvalue weighted by molar-refractivity contribution is 0.242. The van der Waals surface area contributed by atoms with Gasteiger partial charge in [0.1, 0.15) is 0 Å². The van der Waals surface area contributed by atoms with Gasteiger partial charge in [0, 0.05) is 12.5 Å². The van der Waals surface area contributed by atoms with Crippen LogP contribution in [0.25, 0.3) is 0 Å². The summed E-state index contributed by atoms with van der Waals surface area (Å²) in [6.07, 6.45) is 4.05. The van der Waals surface area contributed by atoms with Crippen molar-refractivity contribution < 1.29 is 5.11 Å². The van der Waals surface area contributed by atoms with E-state index in [0.717, 1.165) is 0 Å². The Kier molecular flexibility index (Phi) is 6.59. The highest BCUT2D eigenvalue weighted by molar-refractivity contribution is 5.49. The summed E-state index contributed by atoms with van der Waals surface area (Å²) in [5.41, 5.74) is 3.05. The lowest BCUT2D eigenvalue weighted by Gasteiger charge is -2.38. The summed E-state index contributed by atoms with van der Waals surface area (Å²) in [7, 11) is 0. The second-order valence-electron chi connectivity index (χ2n) is 6.70. The fourth-order valence-corrected chi connectivity index (χ4v) is 3.62. The molecule has 0 spiro atoms. The second kappa shape index (κ2) is 9.31. The SMILES string of the molecule is C/C=C/C(CO)CNC(c1ccccc1)(c1ccccc1)c1ccccc1. The smallest absolute Gasteiger partial charge is 0.0948 e. The van der Waals surface area contributed by atoms with Crippen molar-refractivity contribution in [3.8, 4) is 0 Å². The third-order valence-electron chi connectivity index (χ3n) is 4.95. The van der Waals surface area contributed by atoms with Crippen LogP contribution in [-0.4, -0.2) is 18.3 Å². The second-order valence-corrected chi connectivity index (χ2v) is 6.70. The van der Waals surface area contributed by atoms with Gasteiger partial charge >= 0.3 is 0 Å². The molecule has 0 aliphatic rings. The molecule has 0 aromatic heterocycles. The third-order valence-corrected chi connectivity index (χ3v) is 4.95. The van der Waals surface area contributed by atoms with Crippen LogP contribution in [0.5, 0.6) is 0 Å². The highest BCUT2D eigenvalue weighted by atomic mass is 16.3. The molecule has 0 radical (unpaired) electrons. The van der Waals surface area contributed by atoms with E-state index in [1.807, 2.05) is 31.2 Å². The number of hydrogen-bond acceptors (Lipinski definition) is 2. The monoisotopic (exact) mass is 357 g/mol. The molecule has 2 nitrogen and oxygen atoms in total. The molecule has 3 aromatic rings. The molecule has 27 heavy (non-hydrogen) atoms. The van der Waals surface area contributed by atoms with Crippen LogP contribution in [0.4, 0.5) is 0 Å². The van der Waals surface area contributed by atoms with Gasteiger partial charge in [-0.3, -0.25) is 5.32 Å². The van der Waals surface area contributed by atoms with Crippen molar-refractivity contribution >= 4 is 0 Å². The largest absolute Gasteiger partial charge is 0.396 e. The zero-order valence-corrected chi connectivity index (χ0v) is 15.8. The van der Waals surface area contributed by atoms with Crippen LogP contribution in [0, 0.1) is 5.92 Å². The molecule has 2 N–H and O–H groups in total. The fourth-order valence-electron chi connectivity index (χ4n) is 3.62. The summed E-state index contributed by atoms with van der Waals surface area (Å²) < 4.78 is 0. The Hall–Kier alpha value is -2.68. The lowest BCUT2D eigenvalue weighted by Crippen LogP contribution is -2.46. The zero-order chi connectivity index (χ0) is 19.0. The maximum absolute atomic E-state index is 9.77. The molecule has 0 aliphatic heterocycles. The lowest BCUT2D eigenvalue weighted by atomic mass is 9.76. The number of allylic oxidation sites excluding steroid dienone is 1. The van der Waals surface area contributed by atoms with E-state index in [2.05, 4.69) is 84.2 Å². The van der Waals surface area contributed by atoms with Gasteiger partial charge in [0.25, 0.3) is 0 Å². The van der Waals surface area contributed by atoms with E-state index in [1.54, 1.807) is 0 Å². The van der Waals surface area contributed by atoms with Gasteiger partial charge in [0.15, 0.2) is 0 Å². The summed E-state index contributed by atoms with van der Waals surface area (Å²) in [6, 6.07) is 31.6. The van der Waals surface area contributed by atoms with Crippen LogP contribution >= 0.6 is 0 Å². The Morgan fingerprint density at radius 1 is 0.778 bits per heavy atom. The molecular weight excluding hydrogens is 330 g/mol.